The third-order valence-corrected chi connectivity index (χ3v) is 5.53. The lowest BCUT2D eigenvalue weighted by Crippen LogP contribution is -2.33. The van der Waals surface area contributed by atoms with E-state index in [-0.39, 0.29) is 35.6 Å². The second kappa shape index (κ2) is 9.07. The molecule has 1 aromatic heterocycles. The Morgan fingerprint density at radius 3 is 2.79 bits per heavy atom. The molecule has 4 rings (SSSR count). The van der Waals surface area contributed by atoms with E-state index in [0.717, 1.165) is 17.7 Å². The SMILES string of the molecule is CC1(C)Cc2cc(NC(=O)/C(=C/N)c3ncccn3)c(O[C@@H]3CCN(CC(N)=O)C3)cc2O1. The fourth-order valence-corrected chi connectivity index (χ4v) is 4.14. The summed E-state index contributed by atoms with van der Waals surface area (Å²) in [4.78, 5) is 34.5. The second-order valence-electron chi connectivity index (χ2n) is 8.83. The van der Waals surface area contributed by atoms with Crippen molar-refractivity contribution in [2.75, 3.05) is 25.0 Å². The number of ether oxygens (including phenoxy) is 2. The largest absolute Gasteiger partial charge is 0.487 e. The smallest absolute Gasteiger partial charge is 0.261 e. The van der Waals surface area contributed by atoms with Gasteiger partial charge in [0.1, 0.15) is 23.2 Å². The molecule has 3 heterocycles. The van der Waals surface area contributed by atoms with Gasteiger partial charge in [-0.15, -0.1) is 0 Å². The van der Waals surface area contributed by atoms with E-state index in [1.165, 1.54) is 6.20 Å². The molecule has 0 aliphatic carbocycles. The molecule has 10 nitrogen and oxygen atoms in total. The summed E-state index contributed by atoms with van der Waals surface area (Å²) in [5, 5.41) is 2.90. The number of nitrogens with two attached hydrogens (primary N) is 2. The monoisotopic (exact) mass is 452 g/mol. The van der Waals surface area contributed by atoms with Gasteiger partial charge in [-0.3, -0.25) is 14.5 Å². The Kier molecular flexibility index (Phi) is 6.19. The summed E-state index contributed by atoms with van der Waals surface area (Å²) in [5.74, 6) is 0.606. The molecule has 2 aromatic rings. The Morgan fingerprint density at radius 2 is 2.09 bits per heavy atom. The lowest BCUT2D eigenvalue weighted by atomic mass is 10.0. The van der Waals surface area contributed by atoms with E-state index >= 15 is 0 Å². The summed E-state index contributed by atoms with van der Waals surface area (Å²) >= 11 is 0. The standard InChI is InChI=1S/C23H28N6O4/c1-23(2)10-14-8-17(28-22(31)16(11-24)21-26-5-3-6-27-21)19(9-18(14)33-23)32-15-4-7-29(12-15)13-20(25)30/h3,5-6,8-9,11,15H,4,7,10,12-13,24H2,1-2H3,(H2,25,30)(H,28,31)/b16-11+/t15-/m1/s1. The molecule has 5 N–H and O–H groups in total. The molecule has 1 saturated heterocycles. The van der Waals surface area contributed by atoms with Crippen molar-refractivity contribution in [2.24, 2.45) is 11.5 Å². The summed E-state index contributed by atoms with van der Waals surface area (Å²) in [7, 11) is 0. The predicted molar refractivity (Wildman–Crippen MR) is 122 cm³/mol. The van der Waals surface area contributed by atoms with Crippen LogP contribution in [0.25, 0.3) is 5.57 Å². The van der Waals surface area contributed by atoms with Crippen LogP contribution in [-0.4, -0.2) is 58.0 Å². The summed E-state index contributed by atoms with van der Waals surface area (Å²) in [5.41, 5.74) is 12.3. The van der Waals surface area contributed by atoms with Gasteiger partial charge in [0.25, 0.3) is 5.91 Å². The average molecular weight is 453 g/mol. The normalized spacial score (nSPS) is 19.6. The maximum Gasteiger partial charge on any atom is 0.261 e. The maximum absolute atomic E-state index is 13.0. The van der Waals surface area contributed by atoms with Crippen molar-refractivity contribution < 1.29 is 19.1 Å². The second-order valence-corrected chi connectivity index (χ2v) is 8.83. The number of rotatable bonds is 7. The summed E-state index contributed by atoms with van der Waals surface area (Å²) < 4.78 is 12.3. The molecular weight excluding hydrogens is 424 g/mol. The number of nitrogens with one attached hydrogen (secondary N) is 1. The number of nitrogens with zero attached hydrogens (tertiary/aromatic N) is 3. The third-order valence-electron chi connectivity index (χ3n) is 5.53. The molecular formula is C23H28N6O4. The molecule has 0 spiro atoms. The van der Waals surface area contributed by atoms with Crippen molar-refractivity contribution in [3.05, 3.63) is 48.2 Å². The summed E-state index contributed by atoms with van der Waals surface area (Å²) in [6.07, 6.45) is 5.54. The van der Waals surface area contributed by atoms with Gasteiger partial charge in [-0.05, 0) is 32.4 Å². The van der Waals surface area contributed by atoms with Gasteiger partial charge in [-0.1, -0.05) is 0 Å². The topological polar surface area (TPSA) is 146 Å². The Morgan fingerprint density at radius 1 is 1.33 bits per heavy atom. The van der Waals surface area contributed by atoms with E-state index in [9.17, 15) is 9.59 Å². The van der Waals surface area contributed by atoms with Crippen molar-refractivity contribution >= 4 is 23.1 Å². The Labute approximate surface area is 192 Å². The van der Waals surface area contributed by atoms with Crippen LogP contribution < -0.4 is 26.3 Å². The molecule has 33 heavy (non-hydrogen) atoms. The molecule has 174 valence electrons. The number of aromatic nitrogens is 2. The van der Waals surface area contributed by atoms with Crippen molar-refractivity contribution in [3.63, 3.8) is 0 Å². The zero-order valence-corrected chi connectivity index (χ0v) is 18.7. The first-order valence-corrected chi connectivity index (χ1v) is 10.8. The maximum atomic E-state index is 13.0. The van der Waals surface area contributed by atoms with Crippen LogP contribution in [0, 0.1) is 0 Å². The quantitative estimate of drug-likeness (QED) is 0.529. The highest BCUT2D eigenvalue weighted by Gasteiger charge is 2.33. The van der Waals surface area contributed by atoms with Gasteiger partial charge < -0.3 is 26.3 Å². The Hall–Kier alpha value is -3.66. The highest BCUT2D eigenvalue weighted by Crippen LogP contribution is 2.42. The molecule has 0 radical (unpaired) electrons. The van der Waals surface area contributed by atoms with Crippen LogP contribution in [0.15, 0.2) is 36.8 Å². The van der Waals surface area contributed by atoms with E-state index in [1.54, 1.807) is 24.5 Å². The van der Waals surface area contributed by atoms with Gasteiger partial charge in [0.05, 0.1) is 17.8 Å². The molecule has 10 heteroatoms. The van der Waals surface area contributed by atoms with E-state index in [4.69, 9.17) is 20.9 Å². The van der Waals surface area contributed by atoms with Crippen LogP contribution in [0.1, 0.15) is 31.7 Å². The van der Waals surface area contributed by atoms with Crippen molar-refractivity contribution in [1.82, 2.24) is 14.9 Å². The van der Waals surface area contributed by atoms with Crippen molar-refractivity contribution in [3.8, 4) is 11.5 Å². The van der Waals surface area contributed by atoms with Crippen molar-refractivity contribution in [2.45, 2.75) is 38.4 Å². The molecule has 2 aliphatic heterocycles. The minimum absolute atomic E-state index is 0.145. The molecule has 0 unspecified atom stereocenters. The molecule has 0 saturated carbocycles. The molecule has 1 aromatic carbocycles. The van der Waals surface area contributed by atoms with Crippen LogP contribution in [0.3, 0.4) is 0 Å². The highest BCUT2D eigenvalue weighted by atomic mass is 16.5. The number of primary amides is 1. The fourth-order valence-electron chi connectivity index (χ4n) is 4.14. The number of hydrogen-bond donors (Lipinski definition) is 3. The number of likely N-dealkylation sites (tertiary alicyclic amines) is 1. The van der Waals surface area contributed by atoms with Crippen molar-refractivity contribution in [1.29, 1.82) is 0 Å². The molecule has 1 fully saturated rings. The number of hydrogen-bond acceptors (Lipinski definition) is 8. The van der Waals surface area contributed by atoms with Crippen LogP contribution in [0.4, 0.5) is 5.69 Å². The van der Waals surface area contributed by atoms with Crippen LogP contribution in [0.5, 0.6) is 11.5 Å². The molecule has 1 atom stereocenters. The lowest BCUT2D eigenvalue weighted by molar-refractivity contribution is -0.119. The number of fused-ring (bicyclic) bond motifs is 1. The first kappa shape index (κ1) is 22.5. The van der Waals surface area contributed by atoms with E-state index in [1.807, 2.05) is 24.8 Å². The zero-order valence-electron chi connectivity index (χ0n) is 18.7. The van der Waals surface area contributed by atoms with E-state index in [0.29, 0.717) is 30.9 Å². The van der Waals surface area contributed by atoms with Gasteiger partial charge in [-0.25, -0.2) is 9.97 Å². The molecule has 2 aliphatic rings. The number of benzene rings is 1. The minimum atomic E-state index is -0.451. The van der Waals surface area contributed by atoms with Gasteiger partial charge >= 0.3 is 0 Å². The Balaban J connectivity index is 1.59. The average Bonchev–Trinajstić information content (AvgIpc) is 3.30. The number of carbonyl (C=O) groups excluding carboxylic acids is 2. The van der Waals surface area contributed by atoms with Crippen LogP contribution in [-0.2, 0) is 16.0 Å². The number of anilines is 1. The predicted octanol–water partition coefficient (Wildman–Crippen LogP) is 1.07. The van der Waals surface area contributed by atoms with E-state index < -0.39 is 5.91 Å². The van der Waals surface area contributed by atoms with Gasteiger partial charge in [0.15, 0.2) is 5.82 Å². The highest BCUT2D eigenvalue weighted by molar-refractivity contribution is 6.24. The van der Waals surface area contributed by atoms with Gasteiger partial charge in [0, 0.05) is 49.7 Å². The zero-order chi connectivity index (χ0) is 23.6. The van der Waals surface area contributed by atoms with E-state index in [2.05, 4.69) is 15.3 Å². The summed E-state index contributed by atoms with van der Waals surface area (Å²) in [6.45, 7) is 5.46. The lowest BCUT2D eigenvalue weighted by Gasteiger charge is -2.20. The summed E-state index contributed by atoms with van der Waals surface area (Å²) in [6, 6.07) is 5.33. The van der Waals surface area contributed by atoms with Gasteiger partial charge in [0.2, 0.25) is 5.91 Å². The third kappa shape index (κ3) is 5.23. The molecule has 0 bridgehead atoms. The Bertz CT molecular complexity index is 1090. The minimum Gasteiger partial charge on any atom is -0.487 e. The molecule has 2 amide bonds. The number of amides is 2. The fraction of sp³-hybridized carbons (Fsp3) is 0.391. The van der Waals surface area contributed by atoms with Gasteiger partial charge in [-0.2, -0.15) is 0 Å². The first-order valence-electron chi connectivity index (χ1n) is 10.8. The van der Waals surface area contributed by atoms with Crippen LogP contribution >= 0.6 is 0 Å². The number of carbonyl (C=O) groups is 2. The first-order chi connectivity index (χ1) is 15.7. The van der Waals surface area contributed by atoms with Crippen LogP contribution in [0.2, 0.25) is 0 Å².